The maximum absolute atomic E-state index is 12.4. The molecule has 1 N–H and O–H groups in total. The maximum atomic E-state index is 12.4. The number of aryl methyl sites for hydroxylation is 2. The van der Waals surface area contributed by atoms with Crippen LogP contribution >= 0.6 is 11.3 Å². The summed E-state index contributed by atoms with van der Waals surface area (Å²) in [5.41, 5.74) is 4.40. The van der Waals surface area contributed by atoms with Gasteiger partial charge in [-0.05, 0) is 56.3 Å². The van der Waals surface area contributed by atoms with E-state index in [1.807, 2.05) is 19.2 Å². The molecule has 0 bridgehead atoms. The molecule has 0 saturated carbocycles. The zero-order valence-electron chi connectivity index (χ0n) is 15.5. The highest BCUT2D eigenvalue weighted by atomic mass is 32.1. The van der Waals surface area contributed by atoms with Crippen LogP contribution in [0.25, 0.3) is 0 Å². The highest BCUT2D eigenvalue weighted by molar-refractivity contribution is 7.16. The van der Waals surface area contributed by atoms with Gasteiger partial charge in [0.05, 0.1) is 5.56 Å². The van der Waals surface area contributed by atoms with Crippen molar-refractivity contribution in [3.63, 3.8) is 0 Å². The zero-order valence-corrected chi connectivity index (χ0v) is 16.3. The third-order valence-electron chi connectivity index (χ3n) is 4.96. The SMILES string of the molecule is Cc1ccccc1CN(C)CCC(=O)Nc1sc2c(c1C#N)CCCC2. The van der Waals surface area contributed by atoms with Crippen LogP contribution in [0, 0.1) is 18.3 Å². The molecule has 5 heteroatoms. The second-order valence-corrected chi connectivity index (χ2v) is 8.09. The van der Waals surface area contributed by atoms with Crippen LogP contribution in [-0.4, -0.2) is 24.4 Å². The first kappa shape index (κ1) is 18.6. The predicted octanol–water partition coefficient (Wildman–Crippen LogP) is 4.27. The Morgan fingerprint density at radius 1 is 1.31 bits per heavy atom. The largest absolute Gasteiger partial charge is 0.317 e. The number of nitrogens with one attached hydrogen (secondary N) is 1. The number of fused-ring (bicyclic) bond motifs is 1. The molecular weight excluding hydrogens is 342 g/mol. The topological polar surface area (TPSA) is 56.1 Å². The number of nitrogens with zero attached hydrogens (tertiary/aromatic N) is 2. The lowest BCUT2D eigenvalue weighted by atomic mass is 9.96. The fourth-order valence-electron chi connectivity index (χ4n) is 3.41. The molecule has 0 radical (unpaired) electrons. The summed E-state index contributed by atoms with van der Waals surface area (Å²) in [6.45, 7) is 3.63. The normalized spacial score (nSPS) is 13.3. The van der Waals surface area contributed by atoms with Crippen molar-refractivity contribution in [2.75, 3.05) is 18.9 Å². The van der Waals surface area contributed by atoms with E-state index in [0.717, 1.165) is 36.4 Å². The fraction of sp³-hybridized carbons (Fsp3) is 0.429. The summed E-state index contributed by atoms with van der Waals surface area (Å²) in [5.74, 6) is -0.0169. The van der Waals surface area contributed by atoms with Gasteiger partial charge in [-0.1, -0.05) is 24.3 Å². The summed E-state index contributed by atoms with van der Waals surface area (Å²) < 4.78 is 0. The molecule has 1 amide bonds. The summed E-state index contributed by atoms with van der Waals surface area (Å²) in [5, 5.41) is 13.2. The van der Waals surface area contributed by atoms with Crippen molar-refractivity contribution in [2.24, 2.45) is 0 Å². The van der Waals surface area contributed by atoms with Gasteiger partial charge in [0.2, 0.25) is 5.91 Å². The van der Waals surface area contributed by atoms with Crippen molar-refractivity contribution in [3.05, 3.63) is 51.4 Å². The van der Waals surface area contributed by atoms with Crippen molar-refractivity contribution in [2.45, 2.75) is 45.6 Å². The molecule has 0 fully saturated rings. The number of carbonyl (C=O) groups is 1. The third-order valence-corrected chi connectivity index (χ3v) is 6.17. The Labute approximate surface area is 159 Å². The molecule has 2 aromatic rings. The highest BCUT2D eigenvalue weighted by Crippen LogP contribution is 2.37. The number of carbonyl (C=O) groups excluding carboxylic acids is 1. The quantitative estimate of drug-likeness (QED) is 0.829. The van der Waals surface area contributed by atoms with E-state index in [0.29, 0.717) is 18.5 Å². The second kappa shape index (κ2) is 8.48. The van der Waals surface area contributed by atoms with Crippen molar-refractivity contribution < 1.29 is 4.79 Å². The molecule has 1 aliphatic rings. The Balaban J connectivity index is 1.55. The summed E-state index contributed by atoms with van der Waals surface area (Å²) in [7, 11) is 2.03. The van der Waals surface area contributed by atoms with Crippen LogP contribution < -0.4 is 5.32 Å². The first-order valence-corrected chi connectivity index (χ1v) is 9.97. The molecule has 0 unspecified atom stereocenters. The maximum Gasteiger partial charge on any atom is 0.226 e. The number of rotatable bonds is 6. The minimum Gasteiger partial charge on any atom is -0.317 e. The highest BCUT2D eigenvalue weighted by Gasteiger charge is 2.21. The van der Waals surface area contributed by atoms with Crippen LogP contribution in [0.5, 0.6) is 0 Å². The Bertz CT molecular complexity index is 834. The van der Waals surface area contributed by atoms with E-state index in [4.69, 9.17) is 0 Å². The Morgan fingerprint density at radius 2 is 2.08 bits per heavy atom. The molecule has 1 aromatic carbocycles. The smallest absolute Gasteiger partial charge is 0.226 e. The van der Waals surface area contributed by atoms with Gasteiger partial charge in [0.15, 0.2) is 0 Å². The van der Waals surface area contributed by atoms with E-state index in [2.05, 4.69) is 35.3 Å². The number of thiophene rings is 1. The molecule has 0 aliphatic heterocycles. The van der Waals surface area contributed by atoms with E-state index in [9.17, 15) is 10.1 Å². The Kier molecular flexibility index (Phi) is 6.08. The molecule has 1 aromatic heterocycles. The van der Waals surface area contributed by atoms with E-state index >= 15 is 0 Å². The minimum absolute atomic E-state index is 0.0169. The van der Waals surface area contributed by atoms with Crippen molar-refractivity contribution in [3.8, 4) is 6.07 Å². The van der Waals surface area contributed by atoms with Gasteiger partial charge in [-0.25, -0.2) is 0 Å². The van der Waals surface area contributed by atoms with Gasteiger partial charge in [0.1, 0.15) is 11.1 Å². The molecule has 26 heavy (non-hydrogen) atoms. The Morgan fingerprint density at radius 3 is 2.85 bits per heavy atom. The number of anilines is 1. The number of amides is 1. The summed E-state index contributed by atoms with van der Waals surface area (Å²) >= 11 is 1.59. The van der Waals surface area contributed by atoms with Crippen LogP contribution in [0.2, 0.25) is 0 Å². The number of hydrogen-bond acceptors (Lipinski definition) is 4. The van der Waals surface area contributed by atoms with E-state index in [1.54, 1.807) is 11.3 Å². The predicted molar refractivity (Wildman–Crippen MR) is 106 cm³/mol. The summed E-state index contributed by atoms with van der Waals surface area (Å²) in [4.78, 5) is 15.8. The first-order valence-electron chi connectivity index (χ1n) is 9.16. The van der Waals surface area contributed by atoms with Crippen LogP contribution in [-0.2, 0) is 24.2 Å². The second-order valence-electron chi connectivity index (χ2n) is 6.99. The Hall–Kier alpha value is -2.16. The van der Waals surface area contributed by atoms with E-state index in [-0.39, 0.29) is 5.91 Å². The molecule has 0 saturated heterocycles. The van der Waals surface area contributed by atoms with Crippen molar-refractivity contribution in [1.29, 1.82) is 5.26 Å². The zero-order chi connectivity index (χ0) is 18.5. The molecule has 3 rings (SSSR count). The standard InChI is InChI=1S/C21H25N3OS/c1-15-7-3-4-8-16(15)14-24(2)12-11-20(25)23-21-18(13-22)17-9-5-6-10-19(17)26-21/h3-4,7-8H,5-6,9-12,14H2,1-2H3,(H,23,25). The van der Waals surface area contributed by atoms with Crippen LogP contribution in [0.15, 0.2) is 24.3 Å². The van der Waals surface area contributed by atoms with Crippen molar-refractivity contribution in [1.82, 2.24) is 4.90 Å². The van der Waals surface area contributed by atoms with Gasteiger partial charge < -0.3 is 10.2 Å². The average Bonchev–Trinajstić information content (AvgIpc) is 2.99. The first-order chi connectivity index (χ1) is 12.6. The molecular formula is C21H25N3OS. The number of benzene rings is 1. The third kappa shape index (κ3) is 4.32. The van der Waals surface area contributed by atoms with Crippen LogP contribution in [0.3, 0.4) is 0 Å². The molecule has 4 nitrogen and oxygen atoms in total. The molecule has 1 heterocycles. The molecule has 0 atom stereocenters. The van der Waals surface area contributed by atoms with Crippen molar-refractivity contribution >= 4 is 22.2 Å². The fourth-order valence-corrected chi connectivity index (χ4v) is 4.67. The molecule has 0 spiro atoms. The number of hydrogen-bond donors (Lipinski definition) is 1. The van der Waals surface area contributed by atoms with Gasteiger partial charge in [-0.15, -0.1) is 11.3 Å². The number of nitriles is 1. The summed E-state index contributed by atoms with van der Waals surface area (Å²) in [6.07, 6.45) is 4.73. The van der Waals surface area contributed by atoms with Gasteiger partial charge in [-0.2, -0.15) is 5.26 Å². The lowest BCUT2D eigenvalue weighted by Crippen LogP contribution is -2.24. The van der Waals surface area contributed by atoms with Crippen LogP contribution in [0.1, 0.15) is 46.4 Å². The molecule has 136 valence electrons. The van der Waals surface area contributed by atoms with Gasteiger partial charge >= 0.3 is 0 Å². The minimum atomic E-state index is -0.0169. The average molecular weight is 368 g/mol. The van der Waals surface area contributed by atoms with Gasteiger partial charge in [-0.3, -0.25) is 4.79 Å². The molecule has 1 aliphatic carbocycles. The van der Waals surface area contributed by atoms with Gasteiger partial charge in [0.25, 0.3) is 0 Å². The lowest BCUT2D eigenvalue weighted by molar-refractivity contribution is -0.116. The lowest BCUT2D eigenvalue weighted by Gasteiger charge is -2.17. The van der Waals surface area contributed by atoms with Crippen LogP contribution in [0.4, 0.5) is 5.00 Å². The van der Waals surface area contributed by atoms with E-state index < -0.39 is 0 Å². The monoisotopic (exact) mass is 367 g/mol. The van der Waals surface area contributed by atoms with E-state index in [1.165, 1.54) is 22.4 Å². The van der Waals surface area contributed by atoms with Gasteiger partial charge in [0, 0.05) is 24.4 Å². The summed E-state index contributed by atoms with van der Waals surface area (Å²) in [6, 6.07) is 10.6.